The number of nitrogens with one attached hydrogen (secondary N) is 1. The van der Waals surface area contributed by atoms with Gasteiger partial charge in [-0.3, -0.25) is 4.68 Å². The van der Waals surface area contributed by atoms with Crippen LogP contribution in [0, 0.1) is 5.82 Å². The highest BCUT2D eigenvalue weighted by Crippen LogP contribution is 2.33. The predicted molar refractivity (Wildman–Crippen MR) is 81.4 cm³/mol. The van der Waals surface area contributed by atoms with E-state index in [4.69, 9.17) is 16.3 Å². The molecule has 0 fully saturated rings. The second-order valence-electron chi connectivity index (χ2n) is 4.55. The monoisotopic (exact) mass is 311 g/mol. The van der Waals surface area contributed by atoms with Crippen LogP contribution in [0.4, 0.5) is 4.39 Å². The second kappa shape index (κ2) is 6.91. The molecule has 0 aliphatic carbocycles. The number of ether oxygens (including phenoxy) is 1. The van der Waals surface area contributed by atoms with Crippen molar-refractivity contribution >= 4 is 11.6 Å². The molecule has 0 aliphatic rings. The molecule has 1 aromatic carbocycles. The van der Waals surface area contributed by atoms with Crippen molar-refractivity contribution in [1.82, 2.24) is 15.1 Å². The van der Waals surface area contributed by atoms with Gasteiger partial charge in [-0.15, -0.1) is 0 Å². The van der Waals surface area contributed by atoms with Crippen molar-refractivity contribution in [3.63, 3.8) is 0 Å². The first-order chi connectivity index (χ1) is 10.1. The van der Waals surface area contributed by atoms with Gasteiger partial charge in [-0.05, 0) is 19.5 Å². The van der Waals surface area contributed by atoms with E-state index in [0.29, 0.717) is 24.4 Å². The molecule has 0 amide bonds. The predicted octanol–water partition coefficient (Wildman–Crippen LogP) is 3.40. The Morgan fingerprint density at radius 1 is 1.43 bits per heavy atom. The number of halogens is 2. The van der Waals surface area contributed by atoms with E-state index in [0.717, 1.165) is 5.69 Å². The van der Waals surface area contributed by atoms with Gasteiger partial charge >= 0.3 is 0 Å². The standard InChI is InChI=1S/C15H19ClFN3O/c1-4-18-14(10-7-6-8-11(16)13(10)17)15-12(21-3)9-19-20(15)5-2/h6-9,14,18H,4-5H2,1-3H3. The van der Waals surface area contributed by atoms with E-state index in [-0.39, 0.29) is 11.1 Å². The topological polar surface area (TPSA) is 39.1 Å². The van der Waals surface area contributed by atoms with Gasteiger partial charge in [0.1, 0.15) is 11.5 Å². The summed E-state index contributed by atoms with van der Waals surface area (Å²) in [5.41, 5.74) is 1.28. The molecule has 2 aromatic rings. The zero-order valence-corrected chi connectivity index (χ0v) is 13.1. The van der Waals surface area contributed by atoms with E-state index < -0.39 is 5.82 Å². The van der Waals surface area contributed by atoms with E-state index >= 15 is 0 Å². The van der Waals surface area contributed by atoms with Gasteiger partial charge in [0.15, 0.2) is 5.75 Å². The first kappa shape index (κ1) is 15.8. The molecule has 6 heteroatoms. The number of aromatic nitrogens is 2. The summed E-state index contributed by atoms with van der Waals surface area (Å²) in [6.45, 7) is 5.29. The number of aryl methyl sites for hydroxylation is 1. The summed E-state index contributed by atoms with van der Waals surface area (Å²) in [6, 6.07) is 4.63. The molecule has 1 atom stereocenters. The third-order valence-corrected chi connectivity index (χ3v) is 3.63. The van der Waals surface area contributed by atoms with Crippen LogP contribution in [0.5, 0.6) is 5.75 Å². The van der Waals surface area contributed by atoms with Gasteiger partial charge in [-0.25, -0.2) is 4.39 Å². The first-order valence-corrected chi connectivity index (χ1v) is 7.28. The average Bonchev–Trinajstić information content (AvgIpc) is 2.90. The molecule has 0 spiro atoms. The van der Waals surface area contributed by atoms with Gasteiger partial charge in [0.05, 0.1) is 24.4 Å². The molecule has 1 unspecified atom stereocenters. The lowest BCUT2D eigenvalue weighted by molar-refractivity contribution is 0.398. The molecular weight excluding hydrogens is 293 g/mol. The third-order valence-electron chi connectivity index (χ3n) is 3.34. The van der Waals surface area contributed by atoms with E-state index in [1.807, 2.05) is 13.8 Å². The van der Waals surface area contributed by atoms with Crippen LogP contribution >= 0.6 is 11.6 Å². The largest absolute Gasteiger partial charge is 0.493 e. The summed E-state index contributed by atoms with van der Waals surface area (Å²) in [4.78, 5) is 0. The lowest BCUT2D eigenvalue weighted by atomic mass is 10.0. The van der Waals surface area contributed by atoms with Gasteiger partial charge in [-0.1, -0.05) is 30.7 Å². The van der Waals surface area contributed by atoms with Crippen molar-refractivity contribution < 1.29 is 9.13 Å². The minimum absolute atomic E-state index is 0.108. The van der Waals surface area contributed by atoms with E-state index in [1.54, 1.807) is 30.1 Å². The maximum absolute atomic E-state index is 14.4. The Balaban J connectivity index is 2.58. The number of hydrogen-bond donors (Lipinski definition) is 1. The Labute approximate surface area is 128 Å². The molecule has 1 aromatic heterocycles. The molecule has 1 heterocycles. The Kier molecular flexibility index (Phi) is 5.20. The fourth-order valence-electron chi connectivity index (χ4n) is 2.38. The van der Waals surface area contributed by atoms with Crippen LogP contribution in [0.1, 0.15) is 31.1 Å². The van der Waals surface area contributed by atoms with Crippen LogP contribution in [0.3, 0.4) is 0 Å². The third kappa shape index (κ3) is 3.04. The van der Waals surface area contributed by atoms with Gasteiger partial charge in [-0.2, -0.15) is 5.10 Å². The minimum atomic E-state index is -0.420. The Morgan fingerprint density at radius 3 is 2.81 bits per heavy atom. The van der Waals surface area contributed by atoms with Crippen molar-refractivity contribution in [2.75, 3.05) is 13.7 Å². The fourth-order valence-corrected chi connectivity index (χ4v) is 2.56. The molecule has 21 heavy (non-hydrogen) atoms. The lowest BCUT2D eigenvalue weighted by Crippen LogP contribution is -2.26. The summed E-state index contributed by atoms with van der Waals surface area (Å²) in [5, 5.41) is 7.67. The highest BCUT2D eigenvalue weighted by Gasteiger charge is 2.25. The number of rotatable bonds is 6. The molecule has 114 valence electrons. The van der Waals surface area contributed by atoms with Crippen molar-refractivity contribution in [2.24, 2.45) is 0 Å². The van der Waals surface area contributed by atoms with Crippen molar-refractivity contribution in [3.8, 4) is 5.75 Å². The molecule has 0 radical (unpaired) electrons. The van der Waals surface area contributed by atoms with Crippen LogP contribution in [0.25, 0.3) is 0 Å². The number of benzene rings is 1. The Hall–Kier alpha value is -1.59. The fraction of sp³-hybridized carbons (Fsp3) is 0.400. The minimum Gasteiger partial charge on any atom is -0.493 e. The van der Waals surface area contributed by atoms with Crippen LogP contribution in [0.2, 0.25) is 5.02 Å². The number of hydrogen-bond acceptors (Lipinski definition) is 3. The molecule has 1 N–H and O–H groups in total. The summed E-state index contributed by atoms with van der Waals surface area (Å²) >= 11 is 5.91. The van der Waals surface area contributed by atoms with Crippen molar-refractivity contribution in [1.29, 1.82) is 0 Å². The SMILES string of the molecule is CCNC(c1cccc(Cl)c1F)c1c(OC)cnn1CC. The van der Waals surface area contributed by atoms with E-state index in [2.05, 4.69) is 10.4 Å². The first-order valence-electron chi connectivity index (χ1n) is 6.90. The average molecular weight is 312 g/mol. The number of methoxy groups -OCH3 is 1. The van der Waals surface area contributed by atoms with Crippen molar-refractivity contribution in [3.05, 3.63) is 46.5 Å². The maximum atomic E-state index is 14.4. The summed E-state index contributed by atoms with van der Waals surface area (Å²) in [7, 11) is 1.58. The normalized spacial score (nSPS) is 12.4. The summed E-state index contributed by atoms with van der Waals surface area (Å²) in [5.74, 6) is 0.207. The van der Waals surface area contributed by atoms with Crippen molar-refractivity contribution in [2.45, 2.75) is 26.4 Å². The molecule has 0 saturated carbocycles. The van der Waals surface area contributed by atoms with Gasteiger partial charge in [0, 0.05) is 12.1 Å². The van der Waals surface area contributed by atoms with Crippen LogP contribution in [-0.2, 0) is 6.54 Å². The quantitative estimate of drug-likeness (QED) is 0.888. The highest BCUT2D eigenvalue weighted by molar-refractivity contribution is 6.30. The Bertz CT molecular complexity index is 593. The van der Waals surface area contributed by atoms with Gasteiger partial charge in [0.25, 0.3) is 0 Å². The molecule has 0 bridgehead atoms. The summed E-state index contributed by atoms with van der Waals surface area (Å²) in [6.07, 6.45) is 1.64. The molecule has 0 saturated heterocycles. The second-order valence-corrected chi connectivity index (χ2v) is 4.95. The zero-order chi connectivity index (χ0) is 15.4. The zero-order valence-electron chi connectivity index (χ0n) is 12.4. The molecule has 0 aliphatic heterocycles. The molecular formula is C15H19ClFN3O. The Morgan fingerprint density at radius 2 is 2.19 bits per heavy atom. The molecule has 2 rings (SSSR count). The van der Waals surface area contributed by atoms with E-state index in [1.165, 1.54) is 6.07 Å². The molecule has 4 nitrogen and oxygen atoms in total. The van der Waals surface area contributed by atoms with Gasteiger partial charge in [0.2, 0.25) is 0 Å². The highest BCUT2D eigenvalue weighted by atomic mass is 35.5. The van der Waals surface area contributed by atoms with Crippen LogP contribution < -0.4 is 10.1 Å². The number of nitrogens with zero attached hydrogens (tertiary/aromatic N) is 2. The van der Waals surface area contributed by atoms with Crippen LogP contribution in [-0.4, -0.2) is 23.4 Å². The smallest absolute Gasteiger partial charge is 0.161 e. The van der Waals surface area contributed by atoms with Crippen LogP contribution in [0.15, 0.2) is 24.4 Å². The lowest BCUT2D eigenvalue weighted by Gasteiger charge is -2.21. The van der Waals surface area contributed by atoms with E-state index in [9.17, 15) is 4.39 Å². The maximum Gasteiger partial charge on any atom is 0.161 e. The summed E-state index contributed by atoms with van der Waals surface area (Å²) < 4.78 is 21.6. The van der Waals surface area contributed by atoms with Gasteiger partial charge < -0.3 is 10.1 Å².